The zero-order chi connectivity index (χ0) is 14.8. The fourth-order valence-corrected chi connectivity index (χ4v) is 3.26. The van der Waals surface area contributed by atoms with Gasteiger partial charge in [0.05, 0.1) is 10.2 Å². The van der Waals surface area contributed by atoms with E-state index in [1.165, 1.54) is 18.4 Å². The van der Waals surface area contributed by atoms with Crippen molar-refractivity contribution in [3.63, 3.8) is 0 Å². The molecule has 1 aromatic heterocycles. The molecule has 0 bridgehead atoms. The molecule has 0 amide bonds. The van der Waals surface area contributed by atoms with E-state index in [2.05, 4.69) is 28.5 Å². The third kappa shape index (κ3) is 3.29. The molecular weight excluding hydrogens is 292 g/mol. The van der Waals surface area contributed by atoms with Gasteiger partial charge in [0, 0.05) is 6.04 Å². The van der Waals surface area contributed by atoms with Crippen LogP contribution in [0, 0.1) is 0 Å². The lowest BCUT2D eigenvalue weighted by Crippen LogP contribution is -2.19. The van der Waals surface area contributed by atoms with Crippen LogP contribution in [0.1, 0.15) is 18.4 Å². The van der Waals surface area contributed by atoms with Crippen molar-refractivity contribution in [2.75, 3.05) is 6.54 Å². The molecule has 22 heavy (non-hydrogen) atoms. The van der Waals surface area contributed by atoms with E-state index >= 15 is 0 Å². The van der Waals surface area contributed by atoms with Crippen LogP contribution in [0.15, 0.2) is 48.5 Å². The van der Waals surface area contributed by atoms with E-state index < -0.39 is 0 Å². The van der Waals surface area contributed by atoms with Crippen LogP contribution in [0.4, 0.5) is 0 Å². The molecule has 0 saturated heterocycles. The molecule has 1 heterocycles. The van der Waals surface area contributed by atoms with Gasteiger partial charge in [-0.2, -0.15) is 0 Å². The normalized spacial score (nSPS) is 14.4. The standard InChI is InChI=1S/C18H18N2OS/c1-2-4-17-16(3-1)20-18(22-17)21-15-9-5-13(6-10-15)11-12-19-14-7-8-14/h1-6,9-10,14,19H,7-8,11-12H2. The van der Waals surface area contributed by atoms with Gasteiger partial charge in [-0.3, -0.25) is 0 Å². The zero-order valence-electron chi connectivity index (χ0n) is 12.3. The van der Waals surface area contributed by atoms with Gasteiger partial charge in [0.15, 0.2) is 0 Å². The summed E-state index contributed by atoms with van der Waals surface area (Å²) in [4.78, 5) is 4.49. The summed E-state index contributed by atoms with van der Waals surface area (Å²) in [6, 6.07) is 17.2. The Morgan fingerprint density at radius 1 is 1.09 bits per heavy atom. The maximum absolute atomic E-state index is 5.86. The average molecular weight is 310 g/mol. The minimum atomic E-state index is 0.698. The Balaban J connectivity index is 1.39. The van der Waals surface area contributed by atoms with Crippen LogP contribution < -0.4 is 10.1 Å². The van der Waals surface area contributed by atoms with E-state index in [1.807, 2.05) is 30.3 Å². The molecule has 4 heteroatoms. The third-order valence-corrected chi connectivity index (χ3v) is 4.74. The SMILES string of the molecule is c1ccc2sc(Oc3ccc(CCNC4CC4)cc3)nc2c1. The molecular formula is C18H18N2OS. The van der Waals surface area contributed by atoms with E-state index in [4.69, 9.17) is 4.74 Å². The van der Waals surface area contributed by atoms with Crippen LogP contribution in [0.3, 0.4) is 0 Å². The van der Waals surface area contributed by atoms with Gasteiger partial charge in [0.25, 0.3) is 5.19 Å². The van der Waals surface area contributed by atoms with Gasteiger partial charge in [-0.15, -0.1) is 0 Å². The van der Waals surface area contributed by atoms with Crippen molar-refractivity contribution in [3.8, 4) is 10.9 Å². The number of nitrogens with one attached hydrogen (secondary N) is 1. The average Bonchev–Trinajstić information content (AvgIpc) is 3.27. The quantitative estimate of drug-likeness (QED) is 0.733. The molecule has 4 rings (SSSR count). The van der Waals surface area contributed by atoms with Crippen molar-refractivity contribution in [2.24, 2.45) is 0 Å². The number of benzene rings is 2. The summed E-state index contributed by atoms with van der Waals surface area (Å²) in [5.41, 5.74) is 2.33. The molecule has 1 saturated carbocycles. The van der Waals surface area contributed by atoms with Crippen molar-refractivity contribution < 1.29 is 4.74 Å². The van der Waals surface area contributed by atoms with Crippen molar-refractivity contribution in [2.45, 2.75) is 25.3 Å². The first kappa shape index (κ1) is 13.7. The van der Waals surface area contributed by atoms with Gasteiger partial charge in [-0.1, -0.05) is 35.6 Å². The molecule has 0 aliphatic heterocycles. The minimum Gasteiger partial charge on any atom is -0.431 e. The van der Waals surface area contributed by atoms with Crippen LogP contribution in [0.2, 0.25) is 0 Å². The molecule has 0 atom stereocenters. The predicted molar refractivity (Wildman–Crippen MR) is 90.9 cm³/mol. The number of nitrogens with zero attached hydrogens (tertiary/aromatic N) is 1. The van der Waals surface area contributed by atoms with E-state index in [9.17, 15) is 0 Å². The molecule has 112 valence electrons. The van der Waals surface area contributed by atoms with Gasteiger partial charge in [-0.25, -0.2) is 4.98 Å². The summed E-state index contributed by atoms with van der Waals surface area (Å²) in [5.74, 6) is 0.845. The molecule has 1 aliphatic rings. The number of thiazole rings is 1. The summed E-state index contributed by atoms with van der Waals surface area (Å²) in [6.07, 6.45) is 3.75. The van der Waals surface area contributed by atoms with Gasteiger partial charge >= 0.3 is 0 Å². The van der Waals surface area contributed by atoms with Gasteiger partial charge < -0.3 is 10.1 Å². The van der Waals surface area contributed by atoms with Crippen molar-refractivity contribution in [1.82, 2.24) is 10.3 Å². The smallest absolute Gasteiger partial charge is 0.279 e. The maximum Gasteiger partial charge on any atom is 0.279 e. The van der Waals surface area contributed by atoms with Crippen LogP contribution >= 0.6 is 11.3 Å². The fraction of sp³-hybridized carbons (Fsp3) is 0.278. The molecule has 3 nitrogen and oxygen atoms in total. The number of fused-ring (bicyclic) bond motifs is 1. The first-order valence-electron chi connectivity index (χ1n) is 7.72. The highest BCUT2D eigenvalue weighted by Crippen LogP contribution is 2.31. The minimum absolute atomic E-state index is 0.698. The van der Waals surface area contributed by atoms with E-state index in [1.54, 1.807) is 11.3 Å². The Kier molecular flexibility index (Phi) is 3.79. The van der Waals surface area contributed by atoms with Crippen molar-refractivity contribution in [1.29, 1.82) is 0 Å². The van der Waals surface area contributed by atoms with E-state index in [0.717, 1.165) is 35.0 Å². The molecule has 1 N–H and O–H groups in total. The van der Waals surface area contributed by atoms with E-state index in [-0.39, 0.29) is 0 Å². The summed E-state index contributed by atoms with van der Waals surface area (Å²) in [5, 5.41) is 4.23. The van der Waals surface area contributed by atoms with Crippen LogP contribution in [0.25, 0.3) is 10.2 Å². The largest absolute Gasteiger partial charge is 0.431 e. The number of hydrogen-bond donors (Lipinski definition) is 1. The Bertz CT molecular complexity index is 729. The highest BCUT2D eigenvalue weighted by molar-refractivity contribution is 7.20. The molecule has 1 aliphatic carbocycles. The zero-order valence-corrected chi connectivity index (χ0v) is 13.1. The lowest BCUT2D eigenvalue weighted by molar-refractivity contribution is 0.480. The molecule has 1 fully saturated rings. The highest BCUT2D eigenvalue weighted by atomic mass is 32.1. The fourth-order valence-electron chi connectivity index (χ4n) is 2.43. The Morgan fingerprint density at radius 3 is 2.68 bits per heavy atom. The van der Waals surface area contributed by atoms with Gasteiger partial charge in [0.1, 0.15) is 5.75 Å². The second kappa shape index (κ2) is 6.07. The topological polar surface area (TPSA) is 34.1 Å². The van der Waals surface area contributed by atoms with Gasteiger partial charge in [0.2, 0.25) is 0 Å². The monoisotopic (exact) mass is 310 g/mol. The lowest BCUT2D eigenvalue weighted by atomic mass is 10.1. The van der Waals surface area contributed by atoms with Crippen molar-refractivity contribution >= 4 is 21.6 Å². The van der Waals surface area contributed by atoms with Crippen molar-refractivity contribution in [3.05, 3.63) is 54.1 Å². The van der Waals surface area contributed by atoms with Gasteiger partial charge in [-0.05, 0) is 55.6 Å². The summed E-state index contributed by atoms with van der Waals surface area (Å²) in [7, 11) is 0. The summed E-state index contributed by atoms with van der Waals surface area (Å²) >= 11 is 1.58. The molecule has 0 radical (unpaired) electrons. The Hall–Kier alpha value is -1.91. The third-order valence-electron chi connectivity index (χ3n) is 3.83. The number of hydrogen-bond acceptors (Lipinski definition) is 4. The highest BCUT2D eigenvalue weighted by Gasteiger charge is 2.19. The first-order chi connectivity index (χ1) is 10.9. The number of ether oxygens (including phenoxy) is 1. The Morgan fingerprint density at radius 2 is 1.91 bits per heavy atom. The lowest BCUT2D eigenvalue weighted by Gasteiger charge is -2.05. The molecule has 2 aromatic carbocycles. The van der Waals surface area contributed by atoms with Crippen LogP contribution in [0.5, 0.6) is 10.9 Å². The predicted octanol–water partition coefficient (Wildman–Crippen LogP) is 4.38. The maximum atomic E-state index is 5.86. The second-order valence-electron chi connectivity index (χ2n) is 5.67. The number of rotatable bonds is 6. The summed E-state index contributed by atoms with van der Waals surface area (Å²) < 4.78 is 7.02. The molecule has 0 unspecified atom stereocenters. The van der Waals surface area contributed by atoms with E-state index in [0.29, 0.717) is 5.19 Å². The van der Waals surface area contributed by atoms with Crippen LogP contribution in [-0.4, -0.2) is 17.6 Å². The number of aromatic nitrogens is 1. The van der Waals surface area contributed by atoms with Crippen LogP contribution in [-0.2, 0) is 6.42 Å². The molecule has 0 spiro atoms. The Labute approximate surface area is 134 Å². The summed E-state index contributed by atoms with van der Waals surface area (Å²) in [6.45, 7) is 1.06. The number of para-hydroxylation sites is 1. The molecule has 3 aromatic rings. The first-order valence-corrected chi connectivity index (χ1v) is 8.54. The second-order valence-corrected chi connectivity index (χ2v) is 6.67.